The molecule has 0 radical (unpaired) electrons. The van der Waals surface area contributed by atoms with E-state index < -0.39 is 11.5 Å². The van der Waals surface area contributed by atoms with Crippen LogP contribution in [0.25, 0.3) is 0 Å². The van der Waals surface area contributed by atoms with E-state index in [-0.39, 0.29) is 11.9 Å². The van der Waals surface area contributed by atoms with Gasteiger partial charge in [-0.1, -0.05) is 20.8 Å². The summed E-state index contributed by atoms with van der Waals surface area (Å²) >= 11 is 1.74. The summed E-state index contributed by atoms with van der Waals surface area (Å²) in [7, 11) is 0. The van der Waals surface area contributed by atoms with Crippen molar-refractivity contribution < 1.29 is 15.0 Å². The third-order valence-electron chi connectivity index (χ3n) is 2.93. The number of hydrogen-bond donors (Lipinski definition) is 3. The molecule has 0 heterocycles. The molecule has 5 heteroatoms. The smallest absolute Gasteiger partial charge is 0.323 e. The molecule has 0 spiro atoms. The number of carboxylic acids is 1. The molecule has 0 rings (SSSR count). The number of carboxylic acid groups (broad SMARTS) is 1. The van der Waals surface area contributed by atoms with Gasteiger partial charge in [0.25, 0.3) is 0 Å². The highest BCUT2D eigenvalue weighted by molar-refractivity contribution is 8.00. The topological polar surface area (TPSA) is 69.6 Å². The van der Waals surface area contributed by atoms with Gasteiger partial charge in [-0.15, -0.1) is 0 Å². The summed E-state index contributed by atoms with van der Waals surface area (Å²) < 4.78 is 0. The number of nitrogens with one attached hydrogen (secondary N) is 1. The summed E-state index contributed by atoms with van der Waals surface area (Å²) in [5.74, 6) is -0.793. The van der Waals surface area contributed by atoms with E-state index in [1.807, 2.05) is 13.8 Å². The molecular weight excluding hydrogens is 250 g/mol. The molecule has 0 aliphatic carbocycles. The normalized spacial score (nSPS) is 18.1. The average molecular weight is 277 g/mol. The number of carbonyl (C=O) groups is 1. The molecule has 108 valence electrons. The number of hydrogen-bond acceptors (Lipinski definition) is 4. The molecule has 4 nitrogen and oxygen atoms in total. The van der Waals surface area contributed by atoms with Crippen molar-refractivity contribution in [2.24, 2.45) is 0 Å². The standard InChI is InChI=1S/C13H27NO3S/c1-5-7-14-13(4,12(16)17)9-11(3)18-10(2)6-8-15/h10-11,14-15H,5-9H2,1-4H3,(H,16,17). The van der Waals surface area contributed by atoms with Crippen LogP contribution in [0.1, 0.15) is 47.0 Å². The lowest BCUT2D eigenvalue weighted by molar-refractivity contribution is -0.144. The Hall–Kier alpha value is -0.260. The molecule has 0 aliphatic heterocycles. The molecular formula is C13H27NO3S. The molecule has 3 unspecified atom stereocenters. The molecule has 0 fully saturated rings. The number of aliphatic carboxylic acids is 1. The Morgan fingerprint density at radius 3 is 2.44 bits per heavy atom. The van der Waals surface area contributed by atoms with E-state index in [9.17, 15) is 9.90 Å². The fourth-order valence-electron chi connectivity index (χ4n) is 1.91. The van der Waals surface area contributed by atoms with Crippen LogP contribution in [-0.2, 0) is 4.79 Å². The molecule has 0 amide bonds. The maximum Gasteiger partial charge on any atom is 0.323 e. The third kappa shape index (κ3) is 6.61. The second-order valence-electron chi connectivity index (χ2n) is 5.04. The van der Waals surface area contributed by atoms with Crippen LogP contribution in [-0.4, -0.2) is 45.4 Å². The van der Waals surface area contributed by atoms with E-state index in [1.165, 1.54) is 0 Å². The molecule has 0 aromatic carbocycles. The maximum atomic E-state index is 11.4. The minimum atomic E-state index is -0.860. The largest absolute Gasteiger partial charge is 0.480 e. The van der Waals surface area contributed by atoms with Crippen molar-refractivity contribution in [1.29, 1.82) is 0 Å². The van der Waals surface area contributed by atoms with Crippen LogP contribution in [0.15, 0.2) is 0 Å². The van der Waals surface area contributed by atoms with E-state index in [0.29, 0.717) is 18.2 Å². The van der Waals surface area contributed by atoms with Gasteiger partial charge in [0.15, 0.2) is 0 Å². The van der Waals surface area contributed by atoms with E-state index in [4.69, 9.17) is 5.11 Å². The van der Waals surface area contributed by atoms with Crippen molar-refractivity contribution in [2.45, 2.75) is 63.0 Å². The second-order valence-corrected chi connectivity index (χ2v) is 6.92. The predicted molar refractivity (Wildman–Crippen MR) is 77.2 cm³/mol. The zero-order valence-electron chi connectivity index (χ0n) is 11.9. The number of rotatable bonds is 10. The van der Waals surface area contributed by atoms with Crippen molar-refractivity contribution in [2.75, 3.05) is 13.2 Å². The van der Waals surface area contributed by atoms with Crippen LogP contribution in [0.4, 0.5) is 0 Å². The second kappa shape index (κ2) is 8.77. The van der Waals surface area contributed by atoms with E-state index in [1.54, 1.807) is 18.7 Å². The Labute approximate surface area is 115 Å². The zero-order valence-corrected chi connectivity index (χ0v) is 12.7. The number of aliphatic hydroxyl groups excluding tert-OH is 1. The molecule has 0 saturated carbocycles. The highest BCUT2D eigenvalue weighted by Gasteiger charge is 2.34. The van der Waals surface area contributed by atoms with Gasteiger partial charge in [0, 0.05) is 17.1 Å². The van der Waals surface area contributed by atoms with Crippen LogP contribution < -0.4 is 5.32 Å². The van der Waals surface area contributed by atoms with Crippen LogP contribution in [0, 0.1) is 0 Å². The molecule has 0 bridgehead atoms. The van der Waals surface area contributed by atoms with Gasteiger partial charge in [-0.25, -0.2) is 0 Å². The van der Waals surface area contributed by atoms with Crippen molar-refractivity contribution in [3.8, 4) is 0 Å². The third-order valence-corrected chi connectivity index (χ3v) is 4.26. The van der Waals surface area contributed by atoms with Crippen molar-refractivity contribution in [3.05, 3.63) is 0 Å². The van der Waals surface area contributed by atoms with Gasteiger partial charge < -0.3 is 15.5 Å². The van der Waals surface area contributed by atoms with Crippen molar-refractivity contribution in [1.82, 2.24) is 5.32 Å². The first-order valence-electron chi connectivity index (χ1n) is 6.60. The quantitative estimate of drug-likeness (QED) is 0.570. The molecule has 3 atom stereocenters. The summed E-state index contributed by atoms with van der Waals surface area (Å²) in [4.78, 5) is 11.4. The van der Waals surface area contributed by atoms with Gasteiger partial charge in [-0.2, -0.15) is 11.8 Å². The Bertz CT molecular complexity index is 250. The monoisotopic (exact) mass is 277 g/mol. The number of thioether (sulfide) groups is 1. The van der Waals surface area contributed by atoms with Crippen LogP contribution >= 0.6 is 11.8 Å². The maximum absolute atomic E-state index is 11.4. The highest BCUT2D eigenvalue weighted by Crippen LogP contribution is 2.27. The van der Waals surface area contributed by atoms with E-state index in [2.05, 4.69) is 12.2 Å². The number of aliphatic hydroxyl groups is 1. The summed E-state index contributed by atoms with van der Waals surface area (Å²) in [5.41, 5.74) is -0.860. The van der Waals surface area contributed by atoms with Gasteiger partial charge >= 0.3 is 5.97 Å². The fraction of sp³-hybridized carbons (Fsp3) is 0.923. The minimum absolute atomic E-state index is 0.186. The zero-order chi connectivity index (χ0) is 14.2. The first kappa shape index (κ1) is 17.7. The Morgan fingerprint density at radius 2 is 2.00 bits per heavy atom. The van der Waals surface area contributed by atoms with Crippen LogP contribution in [0.3, 0.4) is 0 Å². The SMILES string of the molecule is CCCNC(C)(CC(C)SC(C)CCO)C(=O)O. The van der Waals surface area contributed by atoms with Gasteiger partial charge in [-0.05, 0) is 32.7 Å². The van der Waals surface area contributed by atoms with Crippen LogP contribution in [0.5, 0.6) is 0 Å². The predicted octanol–water partition coefficient (Wildman–Crippen LogP) is 2.11. The molecule has 0 saturated heterocycles. The lowest BCUT2D eigenvalue weighted by Gasteiger charge is -2.30. The van der Waals surface area contributed by atoms with Gasteiger partial charge in [0.05, 0.1) is 0 Å². The van der Waals surface area contributed by atoms with E-state index in [0.717, 1.165) is 12.8 Å². The fourth-order valence-corrected chi connectivity index (χ4v) is 3.37. The van der Waals surface area contributed by atoms with Crippen molar-refractivity contribution in [3.63, 3.8) is 0 Å². The lowest BCUT2D eigenvalue weighted by atomic mass is 9.96. The Balaban J connectivity index is 4.35. The van der Waals surface area contributed by atoms with Crippen LogP contribution in [0.2, 0.25) is 0 Å². The highest BCUT2D eigenvalue weighted by atomic mass is 32.2. The van der Waals surface area contributed by atoms with Gasteiger partial charge in [0.1, 0.15) is 5.54 Å². The first-order valence-corrected chi connectivity index (χ1v) is 7.54. The van der Waals surface area contributed by atoms with Gasteiger partial charge in [0.2, 0.25) is 0 Å². The molecule has 0 aliphatic rings. The summed E-state index contributed by atoms with van der Waals surface area (Å²) in [6, 6.07) is 0. The Morgan fingerprint density at radius 1 is 1.39 bits per heavy atom. The van der Waals surface area contributed by atoms with Gasteiger partial charge in [-0.3, -0.25) is 4.79 Å². The average Bonchev–Trinajstić information content (AvgIpc) is 2.26. The lowest BCUT2D eigenvalue weighted by Crippen LogP contribution is -2.51. The summed E-state index contributed by atoms with van der Waals surface area (Å²) in [6.07, 6.45) is 2.26. The minimum Gasteiger partial charge on any atom is -0.480 e. The molecule has 0 aromatic rings. The molecule has 0 aromatic heterocycles. The Kier molecular flexibility index (Phi) is 8.65. The first-order chi connectivity index (χ1) is 8.35. The summed E-state index contributed by atoms with van der Waals surface area (Å²) in [5, 5.41) is 21.9. The molecule has 3 N–H and O–H groups in total. The van der Waals surface area contributed by atoms with E-state index >= 15 is 0 Å². The molecule has 18 heavy (non-hydrogen) atoms. The van der Waals surface area contributed by atoms with Crippen molar-refractivity contribution >= 4 is 17.7 Å². The summed E-state index contributed by atoms with van der Waals surface area (Å²) in [6.45, 7) is 8.79.